The molecule has 0 spiro atoms. The third-order valence-corrected chi connectivity index (χ3v) is 3.14. The number of rotatable bonds is 1. The standard InChI is InChI=1S/C10H20O/c1-7(2)9-5-4-8(3)10(11)6-9/h7-11H,4-6H2,1-3H3/t8-,9?,10?/m1/s1. The fraction of sp³-hybridized carbons (Fsp3) is 1.00. The number of hydrogen-bond acceptors (Lipinski definition) is 1. The Morgan fingerprint density at radius 2 is 1.91 bits per heavy atom. The van der Waals surface area contributed by atoms with E-state index in [1.807, 2.05) is 0 Å². The second kappa shape index (κ2) is 3.57. The molecule has 0 saturated heterocycles. The second-order valence-corrected chi connectivity index (χ2v) is 4.36. The summed E-state index contributed by atoms with van der Waals surface area (Å²) >= 11 is 0. The maximum absolute atomic E-state index is 9.60. The lowest BCUT2D eigenvalue weighted by atomic mass is 9.76. The molecule has 0 aromatic carbocycles. The third kappa shape index (κ3) is 2.19. The van der Waals surface area contributed by atoms with Gasteiger partial charge in [0, 0.05) is 0 Å². The molecular formula is C10H20O. The molecule has 1 heteroatoms. The molecule has 0 amide bonds. The van der Waals surface area contributed by atoms with E-state index in [0.29, 0.717) is 5.92 Å². The summed E-state index contributed by atoms with van der Waals surface area (Å²) in [6.07, 6.45) is 3.52. The SMILES string of the molecule is CC(C)C1CC[C@@H](C)C(O)C1. The maximum Gasteiger partial charge on any atom is 0.0568 e. The van der Waals surface area contributed by atoms with Crippen LogP contribution >= 0.6 is 0 Å². The van der Waals surface area contributed by atoms with Crippen LogP contribution in [0.5, 0.6) is 0 Å². The highest BCUT2D eigenvalue weighted by Gasteiger charge is 2.27. The van der Waals surface area contributed by atoms with Crippen molar-refractivity contribution in [3.8, 4) is 0 Å². The summed E-state index contributed by atoms with van der Waals surface area (Å²) in [7, 11) is 0. The quantitative estimate of drug-likeness (QED) is 0.618. The molecule has 0 aromatic rings. The van der Waals surface area contributed by atoms with Crippen molar-refractivity contribution < 1.29 is 5.11 Å². The molecule has 0 radical (unpaired) electrons. The van der Waals surface area contributed by atoms with Crippen LogP contribution in [0.15, 0.2) is 0 Å². The minimum absolute atomic E-state index is 0.0313. The van der Waals surface area contributed by atoms with Crippen molar-refractivity contribution in [1.82, 2.24) is 0 Å². The van der Waals surface area contributed by atoms with Crippen molar-refractivity contribution in [2.24, 2.45) is 17.8 Å². The Balaban J connectivity index is 2.40. The summed E-state index contributed by atoms with van der Waals surface area (Å²) in [5, 5.41) is 9.60. The first kappa shape index (κ1) is 9.05. The lowest BCUT2D eigenvalue weighted by Crippen LogP contribution is -2.29. The predicted octanol–water partition coefficient (Wildman–Crippen LogP) is 2.44. The van der Waals surface area contributed by atoms with Crippen LogP contribution in [0.1, 0.15) is 40.0 Å². The lowest BCUT2D eigenvalue weighted by Gasteiger charge is -2.33. The molecule has 0 aromatic heterocycles. The van der Waals surface area contributed by atoms with Gasteiger partial charge in [0.15, 0.2) is 0 Å². The Kier molecular flexibility index (Phi) is 2.94. The molecule has 1 nitrogen and oxygen atoms in total. The molecule has 1 rings (SSSR count). The zero-order valence-corrected chi connectivity index (χ0v) is 7.88. The largest absolute Gasteiger partial charge is 0.393 e. The third-order valence-electron chi connectivity index (χ3n) is 3.14. The zero-order chi connectivity index (χ0) is 8.43. The molecule has 1 aliphatic rings. The number of hydrogen-bond donors (Lipinski definition) is 1. The van der Waals surface area contributed by atoms with Crippen LogP contribution in [0.25, 0.3) is 0 Å². The van der Waals surface area contributed by atoms with Crippen LogP contribution < -0.4 is 0 Å². The van der Waals surface area contributed by atoms with Gasteiger partial charge in [0.1, 0.15) is 0 Å². The van der Waals surface area contributed by atoms with Crippen molar-refractivity contribution in [2.75, 3.05) is 0 Å². The van der Waals surface area contributed by atoms with E-state index in [2.05, 4.69) is 20.8 Å². The molecule has 3 atom stereocenters. The van der Waals surface area contributed by atoms with E-state index >= 15 is 0 Å². The normalized spacial score (nSPS) is 39.5. The van der Waals surface area contributed by atoms with E-state index in [4.69, 9.17) is 0 Å². The summed E-state index contributed by atoms with van der Waals surface area (Å²) in [6, 6.07) is 0. The van der Waals surface area contributed by atoms with Gasteiger partial charge in [0.25, 0.3) is 0 Å². The summed E-state index contributed by atoms with van der Waals surface area (Å²) in [5.41, 5.74) is 0. The van der Waals surface area contributed by atoms with Crippen molar-refractivity contribution in [3.63, 3.8) is 0 Å². The van der Waals surface area contributed by atoms with Gasteiger partial charge >= 0.3 is 0 Å². The van der Waals surface area contributed by atoms with Crippen molar-refractivity contribution in [2.45, 2.75) is 46.1 Å². The van der Waals surface area contributed by atoms with Crippen LogP contribution in [0.2, 0.25) is 0 Å². The average Bonchev–Trinajstić information content (AvgIpc) is 1.94. The zero-order valence-electron chi connectivity index (χ0n) is 7.88. The van der Waals surface area contributed by atoms with Crippen LogP contribution in [-0.2, 0) is 0 Å². The van der Waals surface area contributed by atoms with Gasteiger partial charge in [-0.1, -0.05) is 20.8 Å². The van der Waals surface area contributed by atoms with Crippen molar-refractivity contribution in [1.29, 1.82) is 0 Å². The van der Waals surface area contributed by atoms with Gasteiger partial charge in [-0.2, -0.15) is 0 Å². The molecule has 2 unspecified atom stereocenters. The van der Waals surface area contributed by atoms with Crippen LogP contribution in [0.4, 0.5) is 0 Å². The molecule has 1 saturated carbocycles. The molecule has 1 N–H and O–H groups in total. The summed E-state index contributed by atoms with van der Waals surface area (Å²) in [5.74, 6) is 2.04. The van der Waals surface area contributed by atoms with Crippen LogP contribution in [0.3, 0.4) is 0 Å². The molecule has 1 aliphatic carbocycles. The van der Waals surface area contributed by atoms with E-state index in [-0.39, 0.29) is 6.10 Å². The smallest absolute Gasteiger partial charge is 0.0568 e. The van der Waals surface area contributed by atoms with Gasteiger partial charge in [-0.3, -0.25) is 0 Å². The Morgan fingerprint density at radius 1 is 1.27 bits per heavy atom. The Labute approximate surface area is 69.8 Å². The maximum atomic E-state index is 9.60. The minimum Gasteiger partial charge on any atom is -0.393 e. The Bertz CT molecular complexity index is 120. The monoisotopic (exact) mass is 156 g/mol. The molecule has 11 heavy (non-hydrogen) atoms. The summed E-state index contributed by atoms with van der Waals surface area (Å²) in [6.45, 7) is 6.67. The predicted molar refractivity (Wildman–Crippen MR) is 47.3 cm³/mol. The molecule has 0 bridgehead atoms. The van der Waals surface area contributed by atoms with Gasteiger partial charge < -0.3 is 5.11 Å². The van der Waals surface area contributed by atoms with E-state index in [0.717, 1.165) is 18.3 Å². The Morgan fingerprint density at radius 3 is 2.36 bits per heavy atom. The molecule has 66 valence electrons. The molecule has 0 heterocycles. The van der Waals surface area contributed by atoms with E-state index in [9.17, 15) is 5.11 Å². The highest BCUT2D eigenvalue weighted by molar-refractivity contribution is 4.78. The van der Waals surface area contributed by atoms with E-state index in [1.165, 1.54) is 12.8 Å². The lowest BCUT2D eigenvalue weighted by molar-refractivity contribution is 0.0410. The van der Waals surface area contributed by atoms with Crippen molar-refractivity contribution in [3.05, 3.63) is 0 Å². The fourth-order valence-corrected chi connectivity index (χ4v) is 1.94. The van der Waals surface area contributed by atoms with Gasteiger partial charge in [0.05, 0.1) is 6.10 Å². The first-order valence-corrected chi connectivity index (χ1v) is 4.79. The molecule has 0 aliphatic heterocycles. The highest BCUT2D eigenvalue weighted by atomic mass is 16.3. The fourth-order valence-electron chi connectivity index (χ4n) is 1.94. The van der Waals surface area contributed by atoms with Crippen LogP contribution in [-0.4, -0.2) is 11.2 Å². The number of aliphatic hydroxyl groups is 1. The number of aliphatic hydroxyl groups excluding tert-OH is 1. The first-order chi connectivity index (χ1) is 5.11. The molecular weight excluding hydrogens is 136 g/mol. The summed E-state index contributed by atoms with van der Waals surface area (Å²) < 4.78 is 0. The Hall–Kier alpha value is -0.0400. The van der Waals surface area contributed by atoms with Gasteiger partial charge in [0.2, 0.25) is 0 Å². The highest BCUT2D eigenvalue weighted by Crippen LogP contribution is 2.32. The van der Waals surface area contributed by atoms with E-state index in [1.54, 1.807) is 0 Å². The first-order valence-electron chi connectivity index (χ1n) is 4.79. The van der Waals surface area contributed by atoms with Crippen LogP contribution in [0, 0.1) is 17.8 Å². The minimum atomic E-state index is -0.0313. The average molecular weight is 156 g/mol. The second-order valence-electron chi connectivity index (χ2n) is 4.36. The van der Waals surface area contributed by atoms with E-state index < -0.39 is 0 Å². The topological polar surface area (TPSA) is 20.2 Å². The van der Waals surface area contributed by atoms with Gasteiger partial charge in [-0.25, -0.2) is 0 Å². The van der Waals surface area contributed by atoms with Gasteiger partial charge in [-0.05, 0) is 37.0 Å². The molecule has 1 fully saturated rings. The van der Waals surface area contributed by atoms with Crippen molar-refractivity contribution >= 4 is 0 Å². The van der Waals surface area contributed by atoms with Gasteiger partial charge in [-0.15, -0.1) is 0 Å². The summed E-state index contributed by atoms with van der Waals surface area (Å²) in [4.78, 5) is 0.